The molecule has 1 aliphatic rings. The normalized spacial score (nSPS) is 14.4. The summed E-state index contributed by atoms with van der Waals surface area (Å²) >= 11 is 0. The van der Waals surface area contributed by atoms with Gasteiger partial charge in [0.05, 0.1) is 6.54 Å². The van der Waals surface area contributed by atoms with E-state index in [1.165, 1.54) is 6.33 Å². The lowest BCUT2D eigenvalue weighted by Gasteiger charge is -2.29. The Labute approximate surface area is 104 Å². The Hall–Kier alpha value is -2.22. The van der Waals surface area contributed by atoms with Crippen molar-refractivity contribution in [1.82, 2.24) is 24.7 Å². The number of fused-ring (bicyclic) bond motifs is 1. The van der Waals surface area contributed by atoms with E-state index in [2.05, 4.69) is 35.1 Å². The summed E-state index contributed by atoms with van der Waals surface area (Å²) in [7, 11) is 0. The first kappa shape index (κ1) is 10.9. The zero-order chi connectivity index (χ0) is 12.5. The van der Waals surface area contributed by atoms with Gasteiger partial charge >= 0.3 is 0 Å². The smallest absolute Gasteiger partial charge is 0.152 e. The molecule has 0 atom stereocenters. The second-order valence-electron chi connectivity index (χ2n) is 4.18. The fraction of sp³-hybridized carbons (Fsp3) is 0.400. The first-order chi connectivity index (χ1) is 8.79. The van der Waals surface area contributed by atoms with E-state index in [9.17, 15) is 0 Å². The summed E-state index contributed by atoms with van der Waals surface area (Å²) in [5.41, 5.74) is 3.52. The van der Waals surface area contributed by atoms with E-state index < -0.39 is 0 Å². The van der Waals surface area contributed by atoms with Crippen molar-refractivity contribution in [2.75, 3.05) is 16.9 Å². The van der Waals surface area contributed by atoms with Gasteiger partial charge in [-0.3, -0.25) is 0 Å². The lowest BCUT2D eigenvalue weighted by Crippen LogP contribution is -2.34. The minimum Gasteiger partial charge on any atom is -0.347 e. The molecule has 3 rings (SSSR count). The van der Waals surface area contributed by atoms with Gasteiger partial charge in [0.2, 0.25) is 0 Å². The van der Waals surface area contributed by atoms with Crippen LogP contribution in [0.15, 0.2) is 12.7 Å². The highest BCUT2D eigenvalue weighted by molar-refractivity contribution is 5.57. The number of nitrogen functional groups attached to an aromatic ring is 1. The molecule has 0 fully saturated rings. The van der Waals surface area contributed by atoms with Crippen LogP contribution in [0.2, 0.25) is 0 Å². The van der Waals surface area contributed by atoms with Crippen LogP contribution in [0.3, 0.4) is 0 Å². The van der Waals surface area contributed by atoms with Crippen molar-refractivity contribution in [3.05, 3.63) is 24.0 Å². The highest BCUT2D eigenvalue weighted by Crippen LogP contribution is 2.24. The zero-order valence-electron chi connectivity index (χ0n) is 10.0. The number of nitrogens with zero attached hydrogens (tertiary/aromatic N) is 6. The predicted octanol–water partition coefficient (Wildman–Crippen LogP) is -0.318. The Balaban J connectivity index is 1.93. The van der Waals surface area contributed by atoms with Crippen LogP contribution in [0.25, 0.3) is 0 Å². The minimum absolute atomic E-state index is 0.645. The molecule has 94 valence electrons. The van der Waals surface area contributed by atoms with Crippen molar-refractivity contribution in [3.8, 4) is 0 Å². The minimum atomic E-state index is 0.645. The molecule has 2 aromatic heterocycles. The molecular formula is C10H14N8. The molecule has 0 aromatic carbocycles. The highest BCUT2D eigenvalue weighted by atomic mass is 15.3. The third-order valence-corrected chi connectivity index (χ3v) is 3.13. The van der Waals surface area contributed by atoms with Crippen LogP contribution >= 0.6 is 0 Å². The van der Waals surface area contributed by atoms with Gasteiger partial charge in [0.15, 0.2) is 5.82 Å². The third kappa shape index (κ3) is 1.66. The van der Waals surface area contributed by atoms with Crippen molar-refractivity contribution in [2.24, 2.45) is 5.84 Å². The molecule has 8 nitrogen and oxygen atoms in total. The third-order valence-electron chi connectivity index (χ3n) is 3.13. The summed E-state index contributed by atoms with van der Waals surface area (Å²) in [6, 6.07) is 0. The summed E-state index contributed by atoms with van der Waals surface area (Å²) in [4.78, 5) is 10.6. The van der Waals surface area contributed by atoms with E-state index in [-0.39, 0.29) is 0 Å². The molecular weight excluding hydrogens is 232 g/mol. The lowest BCUT2D eigenvalue weighted by molar-refractivity contribution is 0.555. The van der Waals surface area contributed by atoms with Crippen LogP contribution < -0.4 is 16.2 Å². The maximum absolute atomic E-state index is 5.42. The number of nitrogens with two attached hydrogens (primary N) is 1. The van der Waals surface area contributed by atoms with Gasteiger partial charge in [0.25, 0.3) is 0 Å². The second-order valence-corrected chi connectivity index (χ2v) is 4.18. The number of hydrazine groups is 1. The van der Waals surface area contributed by atoms with Crippen molar-refractivity contribution >= 4 is 11.6 Å². The quantitative estimate of drug-likeness (QED) is 0.553. The molecule has 3 heterocycles. The fourth-order valence-electron chi connectivity index (χ4n) is 2.15. The van der Waals surface area contributed by atoms with Gasteiger partial charge in [-0.1, -0.05) is 0 Å². The number of rotatable bonds is 2. The van der Waals surface area contributed by atoms with Crippen LogP contribution in [0.5, 0.6) is 0 Å². The molecule has 0 radical (unpaired) electrons. The highest BCUT2D eigenvalue weighted by Gasteiger charge is 2.21. The van der Waals surface area contributed by atoms with E-state index in [1.54, 1.807) is 6.33 Å². The van der Waals surface area contributed by atoms with Crippen molar-refractivity contribution in [3.63, 3.8) is 0 Å². The molecule has 0 saturated heterocycles. The second kappa shape index (κ2) is 4.22. The van der Waals surface area contributed by atoms with E-state index in [1.807, 2.05) is 6.92 Å². The van der Waals surface area contributed by atoms with Crippen LogP contribution in [-0.2, 0) is 13.1 Å². The first-order valence-corrected chi connectivity index (χ1v) is 5.69. The summed E-state index contributed by atoms with van der Waals surface area (Å²) in [6.07, 6.45) is 3.27. The summed E-state index contributed by atoms with van der Waals surface area (Å²) in [6.45, 7) is 4.37. The number of nitrogens with one attached hydrogen (secondary N) is 1. The van der Waals surface area contributed by atoms with Gasteiger partial charge in [0.1, 0.15) is 24.3 Å². The summed E-state index contributed by atoms with van der Waals surface area (Å²) in [5, 5.41) is 8.00. The Morgan fingerprint density at radius 1 is 1.33 bits per heavy atom. The van der Waals surface area contributed by atoms with Gasteiger partial charge < -0.3 is 14.9 Å². The maximum Gasteiger partial charge on any atom is 0.152 e. The van der Waals surface area contributed by atoms with E-state index in [0.717, 1.165) is 30.3 Å². The van der Waals surface area contributed by atoms with Gasteiger partial charge in [-0.25, -0.2) is 15.8 Å². The molecule has 0 unspecified atom stereocenters. The molecule has 0 amide bonds. The van der Waals surface area contributed by atoms with Crippen LogP contribution in [-0.4, -0.2) is 31.3 Å². The maximum atomic E-state index is 5.42. The average molecular weight is 246 g/mol. The van der Waals surface area contributed by atoms with Gasteiger partial charge in [-0.2, -0.15) is 0 Å². The SMILES string of the molecule is Cc1c(NN)ncnc1N1CCn2cnnc2C1. The molecule has 1 aliphatic heterocycles. The van der Waals surface area contributed by atoms with Crippen LogP contribution in [0.4, 0.5) is 11.6 Å². The number of aromatic nitrogens is 5. The number of hydrogen-bond acceptors (Lipinski definition) is 7. The molecule has 18 heavy (non-hydrogen) atoms. The van der Waals surface area contributed by atoms with Crippen molar-refractivity contribution < 1.29 is 0 Å². The largest absolute Gasteiger partial charge is 0.347 e. The monoisotopic (exact) mass is 246 g/mol. The van der Waals surface area contributed by atoms with E-state index >= 15 is 0 Å². The van der Waals surface area contributed by atoms with Crippen molar-refractivity contribution in [2.45, 2.75) is 20.0 Å². The van der Waals surface area contributed by atoms with Gasteiger partial charge in [-0.05, 0) is 6.92 Å². The molecule has 0 saturated carbocycles. The molecule has 0 aliphatic carbocycles. The molecule has 0 bridgehead atoms. The Morgan fingerprint density at radius 3 is 3.06 bits per heavy atom. The molecule has 0 spiro atoms. The predicted molar refractivity (Wildman–Crippen MR) is 65.7 cm³/mol. The number of anilines is 2. The number of hydrogen-bond donors (Lipinski definition) is 2. The molecule has 8 heteroatoms. The van der Waals surface area contributed by atoms with Crippen LogP contribution in [0, 0.1) is 6.92 Å². The Kier molecular flexibility index (Phi) is 2.56. The van der Waals surface area contributed by atoms with E-state index in [4.69, 9.17) is 5.84 Å². The van der Waals surface area contributed by atoms with Crippen molar-refractivity contribution in [1.29, 1.82) is 0 Å². The standard InChI is InChI=1S/C10H14N8/c1-7-9(15-11)12-5-13-10(7)17-2-3-18-6-14-16-8(18)4-17/h5-6H,2-4,11H2,1H3,(H,12,13,15). The first-order valence-electron chi connectivity index (χ1n) is 5.69. The zero-order valence-corrected chi connectivity index (χ0v) is 10.0. The lowest BCUT2D eigenvalue weighted by atomic mass is 10.2. The molecule has 2 aromatic rings. The van der Waals surface area contributed by atoms with Gasteiger partial charge in [0, 0.05) is 18.7 Å². The van der Waals surface area contributed by atoms with E-state index in [0.29, 0.717) is 12.4 Å². The van der Waals surface area contributed by atoms with Crippen LogP contribution in [0.1, 0.15) is 11.4 Å². The fourth-order valence-corrected chi connectivity index (χ4v) is 2.15. The topological polar surface area (TPSA) is 97.8 Å². The molecule has 3 N–H and O–H groups in total. The Morgan fingerprint density at radius 2 is 2.22 bits per heavy atom. The van der Waals surface area contributed by atoms with Gasteiger partial charge in [-0.15, -0.1) is 10.2 Å². The Bertz CT molecular complexity index is 563. The summed E-state index contributed by atoms with van der Waals surface area (Å²) in [5.74, 6) is 7.90. The average Bonchev–Trinajstić information content (AvgIpc) is 2.86. The summed E-state index contributed by atoms with van der Waals surface area (Å²) < 4.78 is 2.05.